The Labute approximate surface area is 132 Å². The number of benzene rings is 2. The first-order valence-electron chi connectivity index (χ1n) is 6.15. The fourth-order valence-corrected chi connectivity index (χ4v) is 2.44. The quantitative estimate of drug-likeness (QED) is 0.836. The van der Waals surface area contributed by atoms with Crippen molar-refractivity contribution in [3.63, 3.8) is 0 Å². The van der Waals surface area contributed by atoms with Crippen molar-refractivity contribution in [2.24, 2.45) is 0 Å². The number of carbonyl (C=O) groups is 1. The van der Waals surface area contributed by atoms with Crippen LogP contribution < -0.4 is 15.4 Å². The third-order valence-electron chi connectivity index (χ3n) is 2.74. The maximum absolute atomic E-state index is 11.8. The van der Waals surface area contributed by atoms with E-state index in [0.717, 1.165) is 0 Å². The number of amides is 2. The predicted molar refractivity (Wildman–Crippen MR) is 85.1 cm³/mol. The van der Waals surface area contributed by atoms with Crippen molar-refractivity contribution in [3.05, 3.63) is 48.5 Å². The molecule has 0 atom stereocenters. The smallest absolute Gasteiger partial charge is 0.323 e. The summed E-state index contributed by atoms with van der Waals surface area (Å²) in [7, 11) is 3.00. The molecule has 116 valence electrons. The molecule has 0 fully saturated rings. The molecule has 2 rings (SSSR count). The number of halogens is 1. The van der Waals surface area contributed by atoms with E-state index in [0.29, 0.717) is 17.1 Å². The van der Waals surface area contributed by atoms with Gasteiger partial charge in [-0.2, -0.15) is 0 Å². The van der Waals surface area contributed by atoms with Gasteiger partial charge in [-0.1, -0.05) is 0 Å². The van der Waals surface area contributed by atoms with Gasteiger partial charge in [0.15, 0.2) is 0 Å². The van der Waals surface area contributed by atoms with Crippen molar-refractivity contribution in [1.82, 2.24) is 0 Å². The van der Waals surface area contributed by atoms with Gasteiger partial charge >= 0.3 is 6.03 Å². The van der Waals surface area contributed by atoms with E-state index in [4.69, 9.17) is 15.4 Å². The van der Waals surface area contributed by atoms with E-state index in [1.54, 1.807) is 31.4 Å². The average molecular weight is 341 g/mol. The van der Waals surface area contributed by atoms with Gasteiger partial charge in [0.05, 0.1) is 12.0 Å². The van der Waals surface area contributed by atoms with Gasteiger partial charge in [0.2, 0.25) is 0 Å². The Hall–Kier alpha value is -2.25. The van der Waals surface area contributed by atoms with Crippen LogP contribution in [0.15, 0.2) is 53.4 Å². The number of carbonyl (C=O) groups excluding carboxylic acids is 1. The zero-order chi connectivity index (χ0) is 16.2. The maximum Gasteiger partial charge on any atom is 0.323 e. The van der Waals surface area contributed by atoms with Crippen molar-refractivity contribution in [1.29, 1.82) is 0 Å². The van der Waals surface area contributed by atoms with Crippen LogP contribution >= 0.6 is 10.7 Å². The van der Waals surface area contributed by atoms with Crippen LogP contribution in [-0.4, -0.2) is 21.6 Å². The van der Waals surface area contributed by atoms with E-state index in [1.807, 2.05) is 0 Å². The van der Waals surface area contributed by atoms with Gasteiger partial charge in [-0.3, -0.25) is 0 Å². The molecule has 0 spiro atoms. The number of hydrogen-bond donors (Lipinski definition) is 2. The Kier molecular flexibility index (Phi) is 4.89. The van der Waals surface area contributed by atoms with Gasteiger partial charge in [0.1, 0.15) is 5.75 Å². The third kappa shape index (κ3) is 4.37. The Morgan fingerprint density at radius 1 is 0.955 bits per heavy atom. The summed E-state index contributed by atoms with van der Waals surface area (Å²) in [5.41, 5.74) is 1.04. The maximum atomic E-state index is 11.8. The van der Waals surface area contributed by atoms with E-state index in [9.17, 15) is 13.2 Å². The topological polar surface area (TPSA) is 84.5 Å². The molecule has 6 nitrogen and oxygen atoms in total. The molecule has 0 bridgehead atoms. The van der Waals surface area contributed by atoms with Crippen LogP contribution in [0.5, 0.6) is 5.75 Å². The van der Waals surface area contributed by atoms with Crippen molar-refractivity contribution in [2.75, 3.05) is 17.7 Å². The first kappa shape index (κ1) is 16.1. The molecule has 2 amide bonds. The number of nitrogens with one attached hydrogen (secondary N) is 2. The summed E-state index contributed by atoms with van der Waals surface area (Å²) in [6.45, 7) is 0. The lowest BCUT2D eigenvalue weighted by Gasteiger charge is -2.08. The largest absolute Gasteiger partial charge is 0.497 e. The molecule has 2 aromatic carbocycles. The molecule has 0 aromatic heterocycles. The molecule has 0 aliphatic heterocycles. The number of urea groups is 1. The molecule has 8 heteroatoms. The fraction of sp³-hybridized carbons (Fsp3) is 0.0714. The minimum atomic E-state index is -3.77. The summed E-state index contributed by atoms with van der Waals surface area (Å²) in [6.07, 6.45) is 0. The summed E-state index contributed by atoms with van der Waals surface area (Å²) in [4.78, 5) is 11.8. The lowest BCUT2D eigenvalue weighted by molar-refractivity contribution is 0.262. The third-order valence-corrected chi connectivity index (χ3v) is 4.11. The van der Waals surface area contributed by atoms with E-state index < -0.39 is 15.1 Å². The molecule has 0 heterocycles. The van der Waals surface area contributed by atoms with E-state index in [-0.39, 0.29) is 4.90 Å². The second kappa shape index (κ2) is 6.67. The highest BCUT2D eigenvalue weighted by Crippen LogP contribution is 2.18. The second-order valence-corrected chi connectivity index (χ2v) is 6.84. The number of methoxy groups -OCH3 is 1. The van der Waals surface area contributed by atoms with Crippen LogP contribution in [0.3, 0.4) is 0 Å². The Balaban J connectivity index is 1.99. The van der Waals surface area contributed by atoms with Crippen LogP contribution in [0.25, 0.3) is 0 Å². The SMILES string of the molecule is COc1ccc(NC(=O)Nc2ccc(S(=O)(=O)Cl)cc2)cc1. The Morgan fingerprint density at radius 2 is 1.41 bits per heavy atom. The fourth-order valence-electron chi connectivity index (χ4n) is 1.67. The molecule has 22 heavy (non-hydrogen) atoms. The second-order valence-electron chi connectivity index (χ2n) is 4.27. The molecule has 2 N–H and O–H groups in total. The van der Waals surface area contributed by atoms with Crippen LogP contribution in [0.4, 0.5) is 16.2 Å². The van der Waals surface area contributed by atoms with Crippen LogP contribution in [0.1, 0.15) is 0 Å². The molecule has 0 saturated carbocycles. The summed E-state index contributed by atoms with van der Waals surface area (Å²) in [6, 6.07) is 11.9. The van der Waals surface area contributed by atoms with Crippen LogP contribution in [-0.2, 0) is 9.05 Å². The zero-order valence-corrected chi connectivity index (χ0v) is 13.1. The molecular weight excluding hydrogens is 328 g/mol. The Morgan fingerprint density at radius 3 is 1.82 bits per heavy atom. The number of rotatable bonds is 4. The van der Waals surface area contributed by atoms with Crippen LogP contribution in [0.2, 0.25) is 0 Å². The van der Waals surface area contributed by atoms with Gasteiger partial charge < -0.3 is 15.4 Å². The Bertz CT molecular complexity index is 758. The highest BCUT2D eigenvalue weighted by Gasteiger charge is 2.09. The number of anilines is 2. The van der Waals surface area contributed by atoms with Gasteiger partial charge in [-0.25, -0.2) is 13.2 Å². The van der Waals surface area contributed by atoms with Gasteiger partial charge in [-0.05, 0) is 48.5 Å². The number of hydrogen-bond acceptors (Lipinski definition) is 4. The molecule has 0 aliphatic carbocycles. The van der Waals surface area contributed by atoms with Crippen molar-refractivity contribution >= 4 is 37.1 Å². The normalized spacial score (nSPS) is 10.8. The first-order valence-corrected chi connectivity index (χ1v) is 8.46. The summed E-state index contributed by atoms with van der Waals surface area (Å²) in [5.74, 6) is 0.684. The summed E-state index contributed by atoms with van der Waals surface area (Å²) < 4.78 is 27.3. The van der Waals surface area contributed by atoms with E-state index in [2.05, 4.69) is 10.6 Å². The monoisotopic (exact) mass is 340 g/mol. The van der Waals surface area contributed by atoms with E-state index >= 15 is 0 Å². The summed E-state index contributed by atoms with van der Waals surface area (Å²) in [5, 5.41) is 5.22. The zero-order valence-electron chi connectivity index (χ0n) is 11.5. The lowest BCUT2D eigenvalue weighted by Crippen LogP contribution is -2.19. The minimum Gasteiger partial charge on any atom is -0.497 e. The molecule has 2 aromatic rings. The van der Waals surface area contributed by atoms with Crippen molar-refractivity contribution in [2.45, 2.75) is 4.90 Å². The molecule has 0 unspecified atom stereocenters. The first-order chi connectivity index (χ1) is 10.4. The molecule has 0 saturated heterocycles. The van der Waals surface area contributed by atoms with Crippen LogP contribution in [0, 0.1) is 0 Å². The highest BCUT2D eigenvalue weighted by atomic mass is 35.7. The van der Waals surface area contributed by atoms with Gasteiger partial charge in [-0.15, -0.1) is 0 Å². The molecule has 0 radical (unpaired) electrons. The average Bonchev–Trinajstić information content (AvgIpc) is 2.47. The lowest BCUT2D eigenvalue weighted by atomic mass is 10.3. The predicted octanol–water partition coefficient (Wildman–Crippen LogP) is 3.27. The summed E-state index contributed by atoms with van der Waals surface area (Å²) >= 11 is 0. The van der Waals surface area contributed by atoms with Gasteiger partial charge in [0, 0.05) is 22.1 Å². The number of ether oxygens (including phenoxy) is 1. The minimum absolute atomic E-state index is 0.0321. The van der Waals surface area contributed by atoms with Crippen molar-refractivity contribution < 1.29 is 17.9 Å². The van der Waals surface area contributed by atoms with Crippen molar-refractivity contribution in [3.8, 4) is 5.75 Å². The van der Waals surface area contributed by atoms with Gasteiger partial charge in [0.25, 0.3) is 9.05 Å². The van der Waals surface area contributed by atoms with E-state index in [1.165, 1.54) is 24.3 Å². The molecular formula is C14H13ClN2O4S. The standard InChI is InChI=1S/C14H13ClN2O4S/c1-21-12-6-2-10(3-7-12)16-14(18)17-11-4-8-13(9-5-11)22(15,19)20/h2-9H,1H3,(H2,16,17,18). The molecule has 0 aliphatic rings. The highest BCUT2D eigenvalue weighted by molar-refractivity contribution is 8.13.